The summed E-state index contributed by atoms with van der Waals surface area (Å²) in [4.78, 5) is 67.6. The van der Waals surface area contributed by atoms with E-state index in [4.69, 9.17) is 0 Å². The van der Waals surface area contributed by atoms with Gasteiger partial charge in [-0.05, 0) is 81.3 Å². The number of amides is 4. The summed E-state index contributed by atoms with van der Waals surface area (Å²) < 4.78 is 25.6. The van der Waals surface area contributed by atoms with Crippen molar-refractivity contribution < 1.29 is 32.4 Å². The quantitative estimate of drug-likeness (QED) is 0.246. The number of hydrogen-bond acceptors (Lipinski definition) is 7. The topological polar surface area (TPSA) is 168 Å². The second kappa shape index (κ2) is 13.0. The summed E-state index contributed by atoms with van der Waals surface area (Å²) in [6.07, 6.45) is 2.47. The molecule has 12 heteroatoms. The average molecular weight is 673 g/mol. The van der Waals surface area contributed by atoms with E-state index in [2.05, 4.69) is 35.1 Å². The number of carbonyl (C=O) groups excluding carboxylic acids is 5. The van der Waals surface area contributed by atoms with Crippen LogP contribution in [0.5, 0.6) is 0 Å². The number of benzene rings is 1. The molecule has 11 nitrogen and oxygen atoms in total. The van der Waals surface area contributed by atoms with E-state index in [1.807, 2.05) is 48.5 Å². The van der Waals surface area contributed by atoms with Crippen molar-refractivity contribution in [3.63, 3.8) is 0 Å². The molecule has 1 aromatic rings. The van der Waals surface area contributed by atoms with Crippen molar-refractivity contribution >= 4 is 39.2 Å². The molecule has 6 atom stereocenters. The number of urea groups is 1. The van der Waals surface area contributed by atoms with Crippen molar-refractivity contribution in [1.82, 2.24) is 21.3 Å². The van der Waals surface area contributed by atoms with E-state index in [-0.39, 0.29) is 40.3 Å². The van der Waals surface area contributed by atoms with Gasteiger partial charge >= 0.3 is 6.03 Å². The predicted octanol–water partition coefficient (Wildman–Crippen LogP) is 3.69. The summed E-state index contributed by atoms with van der Waals surface area (Å²) in [5, 5.41) is 10.8. The number of aryl methyl sites for hydroxylation is 1. The Balaban J connectivity index is 1.50. The highest BCUT2D eigenvalue weighted by Gasteiger charge is 2.70. The standard InChI is InChI=1S/C35H52N4O7S/c1-19-10-14-21(15-11-19)47(45,46)18-36-31(43)28(41)24(16-20-12-13-20)37-30(42)25-22(17-23-26(25)35(23,8)9)27(40)29(33(2,3)4)38-32(44)39-34(5,6)7/h10-11,14-15,20,22-26,29H,12-13,16-18H2,1-9H3,(H,36,43)(H,37,42)(H2,38,39,44)/t22?,23-,24?,25-,26-,29+/m0/s1. The predicted molar refractivity (Wildman–Crippen MR) is 178 cm³/mol. The molecule has 4 rings (SSSR count). The molecule has 4 N–H and O–H groups in total. The van der Waals surface area contributed by atoms with Crippen molar-refractivity contribution in [2.75, 3.05) is 5.88 Å². The first-order valence-corrected chi connectivity index (χ1v) is 18.2. The fraction of sp³-hybridized carbons (Fsp3) is 0.686. The van der Waals surface area contributed by atoms with Gasteiger partial charge in [0.2, 0.25) is 11.7 Å². The molecule has 0 bridgehead atoms. The first kappa shape index (κ1) is 36.6. The van der Waals surface area contributed by atoms with Gasteiger partial charge in [-0.1, -0.05) is 65.2 Å². The number of nitrogens with one attached hydrogen (secondary N) is 4. The molecular formula is C35H52N4O7S. The minimum Gasteiger partial charge on any atom is -0.345 e. The first-order valence-electron chi connectivity index (χ1n) is 16.6. The molecule has 0 aliphatic heterocycles. The molecule has 0 saturated heterocycles. The lowest BCUT2D eigenvalue weighted by Crippen LogP contribution is -2.58. The Kier molecular flexibility index (Phi) is 10.1. The monoisotopic (exact) mass is 672 g/mol. The van der Waals surface area contributed by atoms with E-state index in [0.717, 1.165) is 18.4 Å². The maximum Gasteiger partial charge on any atom is 0.315 e. The molecule has 3 aliphatic rings. The molecule has 4 amide bonds. The number of ketones is 2. The number of rotatable bonds is 12. The number of sulfone groups is 1. The molecule has 0 aromatic heterocycles. The van der Waals surface area contributed by atoms with Gasteiger partial charge in [0, 0.05) is 11.5 Å². The average Bonchev–Trinajstić information content (AvgIpc) is 3.79. The molecule has 1 aromatic carbocycles. The Morgan fingerprint density at radius 2 is 1.53 bits per heavy atom. The van der Waals surface area contributed by atoms with Crippen LogP contribution < -0.4 is 21.3 Å². The normalized spacial score (nSPS) is 24.7. The Hall–Kier alpha value is -3.28. The van der Waals surface area contributed by atoms with Crippen LogP contribution in [0.15, 0.2) is 29.2 Å². The molecule has 3 saturated carbocycles. The van der Waals surface area contributed by atoms with Crippen LogP contribution in [-0.4, -0.2) is 61.3 Å². The molecule has 260 valence electrons. The molecule has 0 radical (unpaired) electrons. The first-order chi connectivity index (χ1) is 21.5. The number of hydrogen-bond donors (Lipinski definition) is 4. The fourth-order valence-corrected chi connectivity index (χ4v) is 8.16. The second-order valence-electron chi connectivity index (χ2n) is 16.6. The fourth-order valence-electron chi connectivity index (χ4n) is 7.12. The highest BCUT2D eigenvalue weighted by molar-refractivity contribution is 7.91. The van der Waals surface area contributed by atoms with Crippen molar-refractivity contribution in [1.29, 1.82) is 0 Å². The lowest BCUT2D eigenvalue weighted by molar-refractivity contribution is -0.141. The van der Waals surface area contributed by atoms with Gasteiger partial charge in [-0.3, -0.25) is 19.2 Å². The highest BCUT2D eigenvalue weighted by Crippen LogP contribution is 2.71. The molecule has 3 aliphatic carbocycles. The number of fused-ring (bicyclic) bond motifs is 1. The van der Waals surface area contributed by atoms with Gasteiger partial charge in [-0.15, -0.1) is 0 Å². The zero-order valence-corrected chi connectivity index (χ0v) is 30.0. The second-order valence-corrected chi connectivity index (χ2v) is 18.5. The lowest BCUT2D eigenvalue weighted by Gasteiger charge is -2.36. The van der Waals surface area contributed by atoms with Gasteiger partial charge in [0.25, 0.3) is 5.91 Å². The van der Waals surface area contributed by atoms with Gasteiger partial charge in [0.15, 0.2) is 15.6 Å². The summed E-state index contributed by atoms with van der Waals surface area (Å²) in [5.74, 6) is -4.67. The van der Waals surface area contributed by atoms with Crippen molar-refractivity contribution in [2.45, 2.75) is 111 Å². The van der Waals surface area contributed by atoms with E-state index in [9.17, 15) is 32.4 Å². The zero-order chi connectivity index (χ0) is 35.3. The Morgan fingerprint density at radius 3 is 2.06 bits per heavy atom. The maximum absolute atomic E-state index is 14.2. The number of carbonyl (C=O) groups is 5. The maximum atomic E-state index is 14.2. The summed E-state index contributed by atoms with van der Waals surface area (Å²) >= 11 is 0. The van der Waals surface area contributed by atoms with Crippen LogP contribution in [0.2, 0.25) is 0 Å². The third-order valence-electron chi connectivity index (χ3n) is 9.98. The van der Waals surface area contributed by atoms with Crippen LogP contribution in [0.3, 0.4) is 0 Å². The van der Waals surface area contributed by atoms with Crippen molar-refractivity contribution in [3.8, 4) is 0 Å². The molecular weight excluding hydrogens is 620 g/mol. The van der Waals surface area contributed by atoms with Crippen LogP contribution in [0.25, 0.3) is 0 Å². The van der Waals surface area contributed by atoms with E-state index in [1.54, 1.807) is 12.1 Å². The third-order valence-corrected chi connectivity index (χ3v) is 11.5. The van der Waals surface area contributed by atoms with Gasteiger partial charge in [0.1, 0.15) is 5.88 Å². The minimum absolute atomic E-state index is 0.0242. The van der Waals surface area contributed by atoms with Crippen molar-refractivity contribution in [3.05, 3.63) is 29.8 Å². The van der Waals surface area contributed by atoms with E-state index in [1.165, 1.54) is 12.1 Å². The molecule has 0 spiro atoms. The van der Waals surface area contributed by atoms with Crippen LogP contribution in [0, 0.1) is 47.3 Å². The Morgan fingerprint density at radius 1 is 0.936 bits per heavy atom. The van der Waals surface area contributed by atoms with Gasteiger partial charge in [0.05, 0.1) is 22.9 Å². The summed E-state index contributed by atoms with van der Waals surface area (Å²) in [7, 11) is -3.89. The van der Waals surface area contributed by atoms with Gasteiger partial charge in [-0.25, -0.2) is 13.2 Å². The largest absolute Gasteiger partial charge is 0.345 e. The summed E-state index contributed by atoms with van der Waals surface area (Å²) in [6, 6.07) is 3.69. The highest BCUT2D eigenvalue weighted by atomic mass is 32.2. The summed E-state index contributed by atoms with van der Waals surface area (Å²) in [5.41, 5.74) is -0.454. The van der Waals surface area contributed by atoms with Crippen LogP contribution >= 0.6 is 0 Å². The van der Waals surface area contributed by atoms with Gasteiger partial charge in [-0.2, -0.15) is 0 Å². The Bertz CT molecular complexity index is 1520. The minimum atomic E-state index is -3.89. The lowest BCUT2D eigenvalue weighted by atomic mass is 9.74. The third kappa shape index (κ3) is 8.61. The molecule has 0 heterocycles. The van der Waals surface area contributed by atoms with E-state index in [0.29, 0.717) is 6.42 Å². The summed E-state index contributed by atoms with van der Waals surface area (Å²) in [6.45, 7) is 17.1. The van der Waals surface area contributed by atoms with Gasteiger partial charge < -0.3 is 21.3 Å². The van der Waals surface area contributed by atoms with Crippen LogP contribution in [0.4, 0.5) is 4.79 Å². The Labute approximate surface area is 279 Å². The molecule has 47 heavy (non-hydrogen) atoms. The smallest absolute Gasteiger partial charge is 0.315 e. The zero-order valence-electron chi connectivity index (χ0n) is 29.2. The molecule has 3 fully saturated rings. The van der Waals surface area contributed by atoms with Crippen molar-refractivity contribution in [2.24, 2.45) is 40.4 Å². The van der Waals surface area contributed by atoms with Crippen LogP contribution in [-0.2, 0) is 29.0 Å². The SMILES string of the molecule is Cc1ccc(S(=O)(=O)CNC(=O)C(=O)C(CC2CC2)NC(=O)[C@H]2C(C(=O)[C@@H](NC(=O)NC(C)(C)C)C(C)(C)C)C[C@H]3[C@@H]2C3(C)C)cc1. The van der Waals surface area contributed by atoms with E-state index < -0.39 is 74.2 Å². The van der Waals surface area contributed by atoms with E-state index >= 15 is 0 Å². The number of Topliss-reactive ketones (excluding diaryl/α,β-unsaturated/α-hetero) is 2. The van der Waals surface area contributed by atoms with Crippen LogP contribution in [0.1, 0.15) is 86.6 Å². The molecule has 2 unspecified atom stereocenters.